The van der Waals surface area contributed by atoms with Crippen LogP contribution in [0.5, 0.6) is 5.75 Å². The van der Waals surface area contributed by atoms with Crippen molar-refractivity contribution in [2.75, 3.05) is 6.54 Å². The van der Waals surface area contributed by atoms with Crippen molar-refractivity contribution in [1.82, 2.24) is 5.32 Å². The van der Waals surface area contributed by atoms with Gasteiger partial charge in [-0.25, -0.2) is 8.42 Å². The Morgan fingerprint density at radius 3 is 2.63 bits per heavy atom. The molecule has 0 saturated heterocycles. The van der Waals surface area contributed by atoms with Crippen LogP contribution in [0.25, 0.3) is 11.0 Å². The summed E-state index contributed by atoms with van der Waals surface area (Å²) in [5, 5.41) is 3.88. The first-order valence-corrected chi connectivity index (χ1v) is 9.58. The normalized spacial score (nSPS) is 14.9. The first kappa shape index (κ1) is 17.9. The molecule has 1 aliphatic heterocycles. The van der Waals surface area contributed by atoms with Gasteiger partial charge in [0.1, 0.15) is 17.1 Å². The maximum absolute atomic E-state index is 12.9. The summed E-state index contributed by atoms with van der Waals surface area (Å²) in [6.07, 6.45) is -4.19. The van der Waals surface area contributed by atoms with Crippen LogP contribution in [0.2, 0.25) is 0 Å². The second-order valence-electron chi connectivity index (χ2n) is 6.11. The maximum Gasteiger partial charge on any atom is 0.573 e. The lowest BCUT2D eigenvalue weighted by molar-refractivity contribution is -0.274. The Bertz CT molecular complexity index is 1120. The van der Waals surface area contributed by atoms with Crippen LogP contribution in [-0.2, 0) is 22.8 Å². The van der Waals surface area contributed by atoms with Crippen LogP contribution in [0.1, 0.15) is 11.3 Å². The Kier molecular flexibility index (Phi) is 4.15. The topological polar surface area (TPSA) is 68.5 Å². The van der Waals surface area contributed by atoms with Gasteiger partial charge in [-0.3, -0.25) is 0 Å². The molecule has 27 heavy (non-hydrogen) atoms. The number of alkyl halides is 3. The number of fused-ring (bicyclic) bond motifs is 3. The summed E-state index contributed by atoms with van der Waals surface area (Å²) < 4.78 is 72.6. The fourth-order valence-corrected chi connectivity index (χ4v) is 4.47. The number of hydrogen-bond acceptors (Lipinski definition) is 5. The zero-order valence-electron chi connectivity index (χ0n) is 13.8. The summed E-state index contributed by atoms with van der Waals surface area (Å²) in [7, 11) is -4.02. The molecule has 9 heteroatoms. The first-order valence-electron chi connectivity index (χ1n) is 8.10. The molecule has 0 spiro atoms. The molecule has 0 unspecified atom stereocenters. The molecule has 3 aromatic rings. The summed E-state index contributed by atoms with van der Waals surface area (Å²) in [4.78, 5) is -0.288. The van der Waals surface area contributed by atoms with Gasteiger partial charge in [-0.05, 0) is 49.4 Å². The highest BCUT2D eigenvalue weighted by Crippen LogP contribution is 2.33. The highest BCUT2D eigenvalue weighted by Gasteiger charge is 2.31. The number of benzene rings is 2. The number of ether oxygens (including phenoxy) is 1. The fourth-order valence-electron chi connectivity index (χ4n) is 3.15. The van der Waals surface area contributed by atoms with Crippen molar-refractivity contribution in [3.8, 4) is 5.75 Å². The quantitative estimate of drug-likeness (QED) is 0.728. The van der Waals surface area contributed by atoms with Gasteiger partial charge in [0.15, 0.2) is 0 Å². The third-order valence-electron chi connectivity index (χ3n) is 4.34. The number of sulfone groups is 1. The van der Waals surface area contributed by atoms with Crippen LogP contribution < -0.4 is 10.1 Å². The van der Waals surface area contributed by atoms with Crippen molar-refractivity contribution < 1.29 is 30.7 Å². The summed E-state index contributed by atoms with van der Waals surface area (Å²) in [5.74, 6) is 0.183. The molecule has 1 aliphatic rings. The molecule has 1 aromatic heterocycles. The van der Waals surface area contributed by atoms with E-state index in [1.807, 2.05) is 0 Å². The van der Waals surface area contributed by atoms with Gasteiger partial charge in [-0.15, -0.1) is 13.2 Å². The second-order valence-corrected chi connectivity index (χ2v) is 8.06. The number of nitrogens with one attached hydrogen (secondary N) is 1. The van der Waals surface area contributed by atoms with Crippen molar-refractivity contribution >= 4 is 20.8 Å². The fraction of sp³-hybridized carbons (Fsp3) is 0.222. The van der Waals surface area contributed by atoms with E-state index in [4.69, 9.17) is 4.42 Å². The minimum atomic E-state index is -4.90. The number of halogens is 3. The van der Waals surface area contributed by atoms with Crippen LogP contribution >= 0.6 is 0 Å². The summed E-state index contributed by atoms with van der Waals surface area (Å²) in [5.41, 5.74) is 1.53. The molecule has 0 amide bonds. The van der Waals surface area contributed by atoms with E-state index in [-0.39, 0.29) is 9.79 Å². The number of hydrogen-bond donors (Lipinski definition) is 1. The van der Waals surface area contributed by atoms with E-state index in [2.05, 4.69) is 10.1 Å². The molecule has 2 heterocycles. The Hall–Kier alpha value is -2.52. The van der Waals surface area contributed by atoms with Crippen molar-refractivity contribution in [1.29, 1.82) is 0 Å². The van der Waals surface area contributed by atoms with Crippen molar-refractivity contribution in [2.24, 2.45) is 0 Å². The largest absolute Gasteiger partial charge is 0.573 e. The number of rotatable bonds is 3. The molecule has 0 atom stereocenters. The van der Waals surface area contributed by atoms with Gasteiger partial charge in [0.25, 0.3) is 0 Å². The molecule has 5 nitrogen and oxygen atoms in total. The predicted octanol–water partition coefficient (Wildman–Crippen LogP) is 3.81. The van der Waals surface area contributed by atoms with E-state index in [9.17, 15) is 21.6 Å². The van der Waals surface area contributed by atoms with E-state index >= 15 is 0 Å². The lowest BCUT2D eigenvalue weighted by Gasteiger charge is -2.11. The Balaban J connectivity index is 1.77. The lowest BCUT2D eigenvalue weighted by atomic mass is 10.1. The van der Waals surface area contributed by atoms with Gasteiger partial charge in [0, 0.05) is 10.9 Å². The van der Waals surface area contributed by atoms with Crippen LogP contribution in [0, 0.1) is 0 Å². The number of furan rings is 1. The first-order chi connectivity index (χ1) is 12.7. The molecule has 0 bridgehead atoms. The maximum atomic E-state index is 12.9. The molecular formula is C18H14F3NO4S. The van der Waals surface area contributed by atoms with E-state index in [0.29, 0.717) is 23.9 Å². The molecule has 2 aromatic carbocycles. The van der Waals surface area contributed by atoms with Crippen LogP contribution in [0.3, 0.4) is 0 Å². The van der Waals surface area contributed by atoms with E-state index in [0.717, 1.165) is 30.0 Å². The summed E-state index contributed by atoms with van der Waals surface area (Å²) in [6, 6.07) is 8.82. The van der Waals surface area contributed by atoms with Gasteiger partial charge >= 0.3 is 6.36 Å². The molecule has 0 fully saturated rings. The monoisotopic (exact) mass is 397 g/mol. The lowest BCUT2D eigenvalue weighted by Crippen LogP contribution is -2.22. The second kappa shape index (κ2) is 6.28. The smallest absolute Gasteiger partial charge is 0.459 e. The van der Waals surface area contributed by atoms with E-state index in [1.165, 1.54) is 24.3 Å². The van der Waals surface area contributed by atoms with Crippen LogP contribution in [0.15, 0.2) is 56.7 Å². The highest BCUT2D eigenvalue weighted by molar-refractivity contribution is 7.91. The van der Waals surface area contributed by atoms with Gasteiger partial charge in [0.2, 0.25) is 9.84 Å². The third kappa shape index (κ3) is 3.40. The molecule has 0 aliphatic carbocycles. The Morgan fingerprint density at radius 2 is 1.85 bits per heavy atom. The van der Waals surface area contributed by atoms with E-state index < -0.39 is 21.9 Å². The molecule has 0 radical (unpaired) electrons. The Morgan fingerprint density at radius 1 is 1.07 bits per heavy atom. The minimum absolute atomic E-state index is 0.0127. The van der Waals surface area contributed by atoms with Crippen molar-refractivity contribution in [3.05, 3.63) is 53.8 Å². The van der Waals surface area contributed by atoms with Gasteiger partial charge < -0.3 is 14.5 Å². The van der Waals surface area contributed by atoms with E-state index in [1.54, 1.807) is 6.07 Å². The molecule has 4 rings (SSSR count). The van der Waals surface area contributed by atoms with Crippen molar-refractivity contribution in [2.45, 2.75) is 29.1 Å². The SMILES string of the molecule is O=S(=O)(c1cccc(OC(F)(F)F)c1)c1ccc2oc3c(c2c1)CCNC3. The average molecular weight is 397 g/mol. The minimum Gasteiger partial charge on any atom is -0.459 e. The summed E-state index contributed by atoms with van der Waals surface area (Å²) in [6.45, 7) is 1.33. The molecule has 1 N–H and O–H groups in total. The Labute approximate surface area is 152 Å². The molecule has 142 valence electrons. The van der Waals surface area contributed by atoms with Crippen molar-refractivity contribution in [3.63, 3.8) is 0 Å². The predicted molar refractivity (Wildman–Crippen MR) is 90.2 cm³/mol. The van der Waals surface area contributed by atoms with Gasteiger partial charge in [-0.1, -0.05) is 6.07 Å². The van der Waals surface area contributed by atoms with Crippen LogP contribution in [0.4, 0.5) is 13.2 Å². The standard InChI is InChI=1S/C18H14F3NO4S/c19-18(20,21)26-11-2-1-3-12(8-11)27(23,24)13-4-5-16-15(9-13)14-6-7-22-10-17(14)25-16/h1-5,8-9,22H,6-7,10H2. The molecular weight excluding hydrogens is 383 g/mol. The van der Waals surface area contributed by atoms with Crippen LogP contribution in [-0.4, -0.2) is 21.3 Å². The molecule has 0 saturated carbocycles. The highest BCUT2D eigenvalue weighted by atomic mass is 32.2. The third-order valence-corrected chi connectivity index (χ3v) is 6.09. The van der Waals surface area contributed by atoms with Gasteiger partial charge in [0.05, 0.1) is 16.3 Å². The zero-order valence-corrected chi connectivity index (χ0v) is 14.7. The van der Waals surface area contributed by atoms with Gasteiger partial charge in [-0.2, -0.15) is 0 Å². The summed E-state index contributed by atoms with van der Waals surface area (Å²) >= 11 is 0. The zero-order chi connectivity index (χ0) is 19.2. The average Bonchev–Trinajstić information content (AvgIpc) is 2.98.